The summed E-state index contributed by atoms with van der Waals surface area (Å²) in [5, 5.41) is 15.4. The number of anilines is 1. The molecule has 0 unspecified atom stereocenters. The molecule has 2 aliphatic heterocycles. The lowest BCUT2D eigenvalue weighted by molar-refractivity contribution is -0.115. The first-order valence-electron chi connectivity index (χ1n) is 8.99. The first-order chi connectivity index (χ1) is 12.5. The van der Waals surface area contributed by atoms with E-state index >= 15 is 0 Å². The first-order valence-corrected chi connectivity index (χ1v) is 8.99. The number of ether oxygens (including phenoxy) is 1. The lowest BCUT2D eigenvalue weighted by atomic mass is 9.83. The van der Waals surface area contributed by atoms with Crippen LogP contribution in [0, 0.1) is 12.8 Å². The standard InChI is InChI=1S/C18H24N6O2/c1-13-3-4-16(22-21-13)24-11-18(12-24)6-5-14(10-26-18)7-19-17(25)15-8-20-23(2)9-15/h3-4,8-9,14H,5-7,10-12H2,1-2H3,(H,19,25)/t14-/m0/s1. The van der Waals surface area contributed by atoms with Crippen LogP contribution < -0.4 is 10.2 Å². The molecule has 0 bridgehead atoms. The summed E-state index contributed by atoms with van der Waals surface area (Å²) in [4.78, 5) is 14.3. The maximum absolute atomic E-state index is 12.1. The zero-order valence-electron chi connectivity index (χ0n) is 15.2. The third kappa shape index (κ3) is 3.41. The van der Waals surface area contributed by atoms with Crippen LogP contribution in [0.3, 0.4) is 0 Å². The van der Waals surface area contributed by atoms with Crippen LogP contribution in [-0.2, 0) is 11.8 Å². The average molecular weight is 356 g/mol. The van der Waals surface area contributed by atoms with E-state index in [-0.39, 0.29) is 11.5 Å². The molecule has 2 fully saturated rings. The van der Waals surface area contributed by atoms with Gasteiger partial charge in [-0.15, -0.1) is 5.10 Å². The molecule has 1 atom stereocenters. The Morgan fingerprint density at radius 1 is 1.38 bits per heavy atom. The van der Waals surface area contributed by atoms with Crippen molar-refractivity contribution in [1.82, 2.24) is 25.3 Å². The highest BCUT2D eigenvalue weighted by Gasteiger charge is 2.47. The smallest absolute Gasteiger partial charge is 0.254 e. The number of hydrogen-bond donors (Lipinski definition) is 1. The van der Waals surface area contributed by atoms with Gasteiger partial charge in [-0.05, 0) is 37.8 Å². The highest BCUT2D eigenvalue weighted by Crippen LogP contribution is 2.37. The van der Waals surface area contributed by atoms with Gasteiger partial charge in [-0.25, -0.2) is 0 Å². The predicted octanol–water partition coefficient (Wildman–Crippen LogP) is 0.934. The van der Waals surface area contributed by atoms with E-state index in [2.05, 4.69) is 25.5 Å². The van der Waals surface area contributed by atoms with Crippen molar-refractivity contribution in [2.45, 2.75) is 25.4 Å². The van der Waals surface area contributed by atoms with Crippen LogP contribution >= 0.6 is 0 Å². The molecule has 26 heavy (non-hydrogen) atoms. The van der Waals surface area contributed by atoms with E-state index < -0.39 is 0 Å². The van der Waals surface area contributed by atoms with Gasteiger partial charge >= 0.3 is 0 Å². The van der Waals surface area contributed by atoms with Gasteiger partial charge in [-0.2, -0.15) is 10.2 Å². The molecule has 2 aromatic rings. The fourth-order valence-corrected chi connectivity index (χ4v) is 3.58. The van der Waals surface area contributed by atoms with Crippen molar-refractivity contribution in [3.05, 3.63) is 35.8 Å². The first kappa shape index (κ1) is 17.0. The van der Waals surface area contributed by atoms with Gasteiger partial charge < -0.3 is 15.0 Å². The summed E-state index contributed by atoms with van der Waals surface area (Å²) in [7, 11) is 1.80. The molecule has 0 aromatic carbocycles. The lowest BCUT2D eigenvalue weighted by Gasteiger charge is -2.53. The van der Waals surface area contributed by atoms with Crippen LogP contribution in [-0.4, -0.2) is 57.7 Å². The van der Waals surface area contributed by atoms with Gasteiger partial charge in [0, 0.05) is 19.8 Å². The molecule has 0 saturated carbocycles. The number of hydrogen-bond acceptors (Lipinski definition) is 6. The maximum Gasteiger partial charge on any atom is 0.254 e. The summed E-state index contributed by atoms with van der Waals surface area (Å²) < 4.78 is 7.80. The summed E-state index contributed by atoms with van der Waals surface area (Å²) >= 11 is 0. The summed E-state index contributed by atoms with van der Waals surface area (Å²) in [6.07, 6.45) is 5.37. The lowest BCUT2D eigenvalue weighted by Crippen LogP contribution is -2.65. The fourth-order valence-electron chi connectivity index (χ4n) is 3.58. The molecule has 2 aliphatic rings. The van der Waals surface area contributed by atoms with Crippen molar-refractivity contribution >= 4 is 11.7 Å². The topological polar surface area (TPSA) is 85.2 Å². The summed E-state index contributed by atoms with van der Waals surface area (Å²) in [5.74, 6) is 1.19. The van der Waals surface area contributed by atoms with Crippen LogP contribution in [0.5, 0.6) is 0 Å². The van der Waals surface area contributed by atoms with E-state index in [9.17, 15) is 4.79 Å². The van der Waals surface area contributed by atoms with E-state index in [4.69, 9.17) is 4.74 Å². The molecule has 8 nitrogen and oxygen atoms in total. The SMILES string of the molecule is Cc1ccc(N2CC3(CC[C@@H](CNC(=O)c4cnn(C)c4)CO3)C2)nn1. The molecular weight excluding hydrogens is 332 g/mol. The molecule has 1 amide bonds. The Hall–Kier alpha value is -2.48. The Labute approximate surface area is 152 Å². The van der Waals surface area contributed by atoms with Crippen LogP contribution in [0.1, 0.15) is 28.9 Å². The number of nitrogens with zero attached hydrogens (tertiary/aromatic N) is 5. The normalized spacial score (nSPS) is 21.5. The Balaban J connectivity index is 1.22. The van der Waals surface area contributed by atoms with Gasteiger partial charge in [0.1, 0.15) is 5.60 Å². The maximum atomic E-state index is 12.1. The van der Waals surface area contributed by atoms with E-state index in [1.165, 1.54) is 0 Å². The zero-order valence-corrected chi connectivity index (χ0v) is 15.2. The second-order valence-electron chi connectivity index (χ2n) is 7.40. The van der Waals surface area contributed by atoms with Crippen molar-refractivity contribution in [2.24, 2.45) is 13.0 Å². The molecule has 0 aliphatic carbocycles. The van der Waals surface area contributed by atoms with Gasteiger partial charge in [-0.3, -0.25) is 9.48 Å². The molecule has 2 aromatic heterocycles. The van der Waals surface area contributed by atoms with Crippen molar-refractivity contribution < 1.29 is 9.53 Å². The largest absolute Gasteiger partial charge is 0.371 e. The fraction of sp³-hybridized carbons (Fsp3) is 0.556. The molecule has 0 radical (unpaired) electrons. The second kappa shape index (κ2) is 6.68. The van der Waals surface area contributed by atoms with E-state index in [0.717, 1.165) is 37.4 Å². The number of carbonyl (C=O) groups is 1. The van der Waals surface area contributed by atoms with Crippen LogP contribution in [0.15, 0.2) is 24.5 Å². The number of nitrogens with one attached hydrogen (secondary N) is 1. The molecule has 4 rings (SSSR count). The highest BCUT2D eigenvalue weighted by atomic mass is 16.5. The van der Waals surface area contributed by atoms with E-state index in [1.807, 2.05) is 19.1 Å². The quantitative estimate of drug-likeness (QED) is 0.877. The Bertz CT molecular complexity index is 771. The Morgan fingerprint density at radius 2 is 2.23 bits per heavy atom. The van der Waals surface area contributed by atoms with E-state index in [0.29, 0.717) is 24.6 Å². The van der Waals surface area contributed by atoms with Gasteiger partial charge in [0.2, 0.25) is 0 Å². The molecule has 2 saturated heterocycles. The van der Waals surface area contributed by atoms with Crippen molar-refractivity contribution in [3.63, 3.8) is 0 Å². The number of aromatic nitrogens is 4. The Kier molecular flexibility index (Phi) is 4.36. The number of aryl methyl sites for hydroxylation is 2. The molecule has 138 valence electrons. The number of carbonyl (C=O) groups excluding carboxylic acids is 1. The third-order valence-corrected chi connectivity index (χ3v) is 5.22. The van der Waals surface area contributed by atoms with Gasteiger partial charge in [0.25, 0.3) is 5.91 Å². The molecular formula is C18H24N6O2. The minimum atomic E-state index is -0.0776. The van der Waals surface area contributed by atoms with Crippen LogP contribution in [0.25, 0.3) is 0 Å². The molecule has 8 heteroatoms. The number of rotatable bonds is 4. The molecule has 1 spiro atoms. The highest BCUT2D eigenvalue weighted by molar-refractivity contribution is 5.93. The van der Waals surface area contributed by atoms with Gasteiger partial charge in [0.05, 0.1) is 37.2 Å². The Morgan fingerprint density at radius 3 is 2.85 bits per heavy atom. The second-order valence-corrected chi connectivity index (χ2v) is 7.40. The summed E-state index contributed by atoms with van der Waals surface area (Å²) in [5.41, 5.74) is 1.46. The minimum absolute atomic E-state index is 0.0591. The van der Waals surface area contributed by atoms with Crippen LogP contribution in [0.4, 0.5) is 5.82 Å². The minimum Gasteiger partial charge on any atom is -0.371 e. The summed E-state index contributed by atoms with van der Waals surface area (Å²) in [6, 6.07) is 3.99. The predicted molar refractivity (Wildman–Crippen MR) is 95.9 cm³/mol. The zero-order chi connectivity index (χ0) is 18.1. The molecule has 1 N–H and O–H groups in total. The van der Waals surface area contributed by atoms with Gasteiger partial charge in [0.15, 0.2) is 5.82 Å². The van der Waals surface area contributed by atoms with Crippen molar-refractivity contribution in [3.8, 4) is 0 Å². The van der Waals surface area contributed by atoms with Crippen molar-refractivity contribution in [2.75, 3.05) is 31.1 Å². The third-order valence-electron chi connectivity index (χ3n) is 5.22. The monoisotopic (exact) mass is 356 g/mol. The van der Waals surface area contributed by atoms with E-state index in [1.54, 1.807) is 24.1 Å². The van der Waals surface area contributed by atoms with Crippen LogP contribution in [0.2, 0.25) is 0 Å². The molecule has 4 heterocycles. The summed E-state index contributed by atoms with van der Waals surface area (Å²) in [6.45, 7) is 4.97. The van der Waals surface area contributed by atoms with Gasteiger partial charge in [-0.1, -0.05) is 0 Å². The average Bonchev–Trinajstić information content (AvgIpc) is 3.06. The van der Waals surface area contributed by atoms with Crippen molar-refractivity contribution in [1.29, 1.82) is 0 Å². The number of amides is 1.